The van der Waals surface area contributed by atoms with Crippen molar-refractivity contribution in [2.75, 3.05) is 0 Å². The molecule has 0 aliphatic rings. The smallest absolute Gasteiger partial charge is 0.0835 e. The van der Waals surface area contributed by atoms with E-state index in [0.29, 0.717) is 6.42 Å². The Morgan fingerprint density at radius 3 is 2.75 bits per heavy atom. The second-order valence-corrected chi connectivity index (χ2v) is 3.08. The molecule has 0 bridgehead atoms. The van der Waals surface area contributed by atoms with Crippen LogP contribution in [0.1, 0.15) is 18.1 Å². The van der Waals surface area contributed by atoms with Crippen molar-refractivity contribution in [2.45, 2.75) is 17.4 Å². The lowest BCUT2D eigenvalue weighted by molar-refractivity contribution is 0.179. The first-order chi connectivity index (χ1) is 5.75. The molecule has 1 aromatic carbocycles. The summed E-state index contributed by atoms with van der Waals surface area (Å²) in [6.07, 6.45) is 1.79. The SMILES string of the molecule is C=CC[C@H](O)c1ccccc1S. The van der Waals surface area contributed by atoms with Crippen LogP contribution in [0.3, 0.4) is 0 Å². The van der Waals surface area contributed by atoms with Gasteiger partial charge >= 0.3 is 0 Å². The minimum absolute atomic E-state index is 0.476. The van der Waals surface area contributed by atoms with E-state index in [1.807, 2.05) is 24.3 Å². The van der Waals surface area contributed by atoms with Gasteiger partial charge in [-0.15, -0.1) is 19.2 Å². The molecule has 0 spiro atoms. The second-order valence-electron chi connectivity index (χ2n) is 2.60. The predicted molar refractivity (Wildman–Crippen MR) is 53.5 cm³/mol. The molecule has 0 aliphatic heterocycles. The summed E-state index contributed by atoms with van der Waals surface area (Å²) in [5.74, 6) is 0. The number of benzene rings is 1. The first-order valence-electron chi connectivity index (χ1n) is 3.82. The lowest BCUT2D eigenvalue weighted by atomic mass is 10.1. The fourth-order valence-corrected chi connectivity index (χ4v) is 1.36. The Labute approximate surface area is 78.2 Å². The summed E-state index contributed by atoms with van der Waals surface area (Å²) in [6, 6.07) is 7.52. The van der Waals surface area contributed by atoms with E-state index in [9.17, 15) is 5.11 Å². The third-order valence-corrected chi connectivity index (χ3v) is 2.09. The van der Waals surface area contributed by atoms with Crippen LogP contribution in [-0.4, -0.2) is 5.11 Å². The van der Waals surface area contributed by atoms with Gasteiger partial charge in [0.15, 0.2) is 0 Å². The first kappa shape index (κ1) is 9.36. The summed E-state index contributed by atoms with van der Waals surface area (Å²) in [5, 5.41) is 9.58. The van der Waals surface area contributed by atoms with E-state index in [1.54, 1.807) is 6.08 Å². The molecule has 0 saturated carbocycles. The summed E-state index contributed by atoms with van der Waals surface area (Å²) >= 11 is 4.24. The normalized spacial score (nSPS) is 12.5. The van der Waals surface area contributed by atoms with Crippen LogP contribution >= 0.6 is 12.6 Å². The van der Waals surface area contributed by atoms with Gasteiger partial charge in [-0.3, -0.25) is 0 Å². The highest BCUT2D eigenvalue weighted by Gasteiger charge is 2.07. The monoisotopic (exact) mass is 180 g/mol. The van der Waals surface area contributed by atoms with Crippen LogP contribution in [0.5, 0.6) is 0 Å². The number of hydrogen-bond donors (Lipinski definition) is 2. The molecule has 0 fully saturated rings. The lowest BCUT2D eigenvalue weighted by Gasteiger charge is -2.09. The van der Waals surface area contributed by atoms with Gasteiger partial charge in [-0.1, -0.05) is 24.3 Å². The van der Waals surface area contributed by atoms with E-state index in [2.05, 4.69) is 19.2 Å². The molecule has 0 heterocycles. The zero-order valence-corrected chi connectivity index (χ0v) is 7.67. The average Bonchev–Trinajstić information content (AvgIpc) is 2.05. The largest absolute Gasteiger partial charge is 0.388 e. The summed E-state index contributed by atoms with van der Waals surface area (Å²) in [5.41, 5.74) is 0.862. The van der Waals surface area contributed by atoms with Crippen molar-refractivity contribution in [1.82, 2.24) is 0 Å². The van der Waals surface area contributed by atoms with Crippen molar-refractivity contribution in [3.8, 4) is 0 Å². The molecule has 0 unspecified atom stereocenters. The maximum Gasteiger partial charge on any atom is 0.0835 e. The van der Waals surface area contributed by atoms with Crippen LogP contribution in [0, 0.1) is 0 Å². The number of aliphatic hydroxyl groups is 1. The second kappa shape index (κ2) is 4.33. The summed E-state index contributed by atoms with van der Waals surface area (Å²) in [4.78, 5) is 0.826. The van der Waals surface area contributed by atoms with Crippen molar-refractivity contribution in [1.29, 1.82) is 0 Å². The third kappa shape index (κ3) is 2.13. The molecule has 0 saturated heterocycles. The molecular weight excluding hydrogens is 168 g/mol. The quantitative estimate of drug-likeness (QED) is 0.541. The number of hydrogen-bond acceptors (Lipinski definition) is 2. The van der Waals surface area contributed by atoms with E-state index >= 15 is 0 Å². The lowest BCUT2D eigenvalue weighted by Crippen LogP contribution is -1.96. The summed E-state index contributed by atoms with van der Waals surface area (Å²) < 4.78 is 0. The fourth-order valence-electron chi connectivity index (χ4n) is 1.05. The Hall–Kier alpha value is -0.730. The van der Waals surface area contributed by atoms with Gasteiger partial charge in [0.25, 0.3) is 0 Å². The molecule has 0 aromatic heterocycles. The van der Waals surface area contributed by atoms with Crippen LogP contribution in [0.2, 0.25) is 0 Å². The molecule has 1 N–H and O–H groups in total. The van der Waals surface area contributed by atoms with Gasteiger partial charge in [0, 0.05) is 4.90 Å². The Morgan fingerprint density at radius 2 is 2.17 bits per heavy atom. The Kier molecular flexibility index (Phi) is 3.38. The van der Waals surface area contributed by atoms with E-state index < -0.39 is 6.10 Å². The van der Waals surface area contributed by atoms with E-state index in [-0.39, 0.29) is 0 Å². The van der Waals surface area contributed by atoms with Crippen molar-refractivity contribution < 1.29 is 5.11 Å². The van der Waals surface area contributed by atoms with Crippen LogP contribution in [0.15, 0.2) is 41.8 Å². The molecule has 0 amide bonds. The third-order valence-electron chi connectivity index (χ3n) is 1.69. The van der Waals surface area contributed by atoms with Gasteiger partial charge in [0.05, 0.1) is 6.10 Å². The molecule has 2 heteroatoms. The molecule has 1 atom stereocenters. The molecule has 0 aliphatic carbocycles. The Balaban J connectivity index is 2.86. The van der Waals surface area contributed by atoms with E-state index in [0.717, 1.165) is 10.5 Å². The van der Waals surface area contributed by atoms with Crippen LogP contribution in [0.25, 0.3) is 0 Å². The summed E-state index contributed by atoms with van der Waals surface area (Å²) in [7, 11) is 0. The van der Waals surface area contributed by atoms with Crippen molar-refractivity contribution in [2.24, 2.45) is 0 Å². The van der Waals surface area contributed by atoms with E-state index in [1.165, 1.54) is 0 Å². The van der Waals surface area contributed by atoms with Crippen LogP contribution in [-0.2, 0) is 0 Å². The molecule has 1 nitrogen and oxygen atoms in total. The Morgan fingerprint density at radius 1 is 1.50 bits per heavy atom. The van der Waals surface area contributed by atoms with Gasteiger partial charge in [-0.25, -0.2) is 0 Å². The van der Waals surface area contributed by atoms with Gasteiger partial charge in [0.2, 0.25) is 0 Å². The predicted octanol–water partition coefficient (Wildman–Crippen LogP) is 2.58. The molecule has 1 aromatic rings. The van der Waals surface area contributed by atoms with Gasteiger partial charge < -0.3 is 5.11 Å². The molecular formula is C10H12OS. The van der Waals surface area contributed by atoms with Crippen molar-refractivity contribution in [3.05, 3.63) is 42.5 Å². The molecule has 12 heavy (non-hydrogen) atoms. The minimum atomic E-state index is -0.476. The van der Waals surface area contributed by atoms with Crippen molar-refractivity contribution >= 4 is 12.6 Å². The molecule has 64 valence electrons. The number of rotatable bonds is 3. The first-order valence-corrected chi connectivity index (χ1v) is 4.27. The highest BCUT2D eigenvalue weighted by atomic mass is 32.1. The average molecular weight is 180 g/mol. The number of thiol groups is 1. The topological polar surface area (TPSA) is 20.2 Å². The van der Waals surface area contributed by atoms with Gasteiger partial charge in [0.1, 0.15) is 0 Å². The zero-order chi connectivity index (χ0) is 8.97. The van der Waals surface area contributed by atoms with E-state index in [4.69, 9.17) is 0 Å². The van der Waals surface area contributed by atoms with Crippen LogP contribution in [0.4, 0.5) is 0 Å². The minimum Gasteiger partial charge on any atom is -0.388 e. The maximum absolute atomic E-state index is 9.58. The van der Waals surface area contributed by atoms with Crippen molar-refractivity contribution in [3.63, 3.8) is 0 Å². The molecule has 1 rings (SSSR count). The van der Waals surface area contributed by atoms with Gasteiger partial charge in [-0.05, 0) is 18.1 Å². The highest BCUT2D eigenvalue weighted by molar-refractivity contribution is 7.80. The van der Waals surface area contributed by atoms with Gasteiger partial charge in [-0.2, -0.15) is 0 Å². The Bertz CT molecular complexity index is 270. The molecule has 0 radical (unpaired) electrons. The highest BCUT2D eigenvalue weighted by Crippen LogP contribution is 2.23. The standard InChI is InChI=1S/C10H12OS/c1-2-5-9(11)8-6-3-4-7-10(8)12/h2-4,6-7,9,11-12H,1,5H2/t9-/m0/s1. The number of aliphatic hydroxyl groups excluding tert-OH is 1. The zero-order valence-electron chi connectivity index (χ0n) is 6.77. The fraction of sp³-hybridized carbons (Fsp3) is 0.200. The van der Waals surface area contributed by atoms with Crippen LogP contribution < -0.4 is 0 Å². The summed E-state index contributed by atoms with van der Waals surface area (Å²) in [6.45, 7) is 3.57. The maximum atomic E-state index is 9.58.